The number of nitrogens with zero attached hydrogens (tertiary/aromatic N) is 1. The number of carboxylic acid groups (broad SMARTS) is 1. The Morgan fingerprint density at radius 2 is 2.10 bits per heavy atom. The molecule has 0 aromatic heterocycles. The molecule has 1 rings (SSSR count). The summed E-state index contributed by atoms with van der Waals surface area (Å²) >= 11 is 0. The van der Waals surface area contributed by atoms with Crippen LogP contribution in [0, 0.1) is 5.92 Å². The highest BCUT2D eigenvalue weighted by Gasteiger charge is 2.24. The monoisotopic (exact) mass is 301 g/mol. The molecule has 2 atom stereocenters. The smallest absolute Gasteiger partial charge is 0.305 e. The zero-order chi connectivity index (χ0) is 15.8. The quantitative estimate of drug-likeness (QED) is 0.699. The Balaban J connectivity index is 2.45. The highest BCUT2D eigenvalue weighted by molar-refractivity contribution is 5.81. The van der Waals surface area contributed by atoms with Crippen LogP contribution in [0.5, 0.6) is 0 Å². The van der Waals surface area contributed by atoms with Crippen molar-refractivity contribution < 1.29 is 24.2 Å². The average molecular weight is 301 g/mol. The number of carbonyl (C=O) groups excluding carboxylic acids is 1. The lowest BCUT2D eigenvalue weighted by Crippen LogP contribution is -2.42. The van der Waals surface area contributed by atoms with Crippen molar-refractivity contribution in [1.82, 2.24) is 4.90 Å². The molecule has 0 saturated carbocycles. The van der Waals surface area contributed by atoms with Crippen molar-refractivity contribution in [2.75, 3.05) is 26.3 Å². The van der Waals surface area contributed by atoms with Gasteiger partial charge in [0.05, 0.1) is 19.1 Å². The van der Waals surface area contributed by atoms with Crippen LogP contribution < -0.4 is 0 Å². The normalized spacial score (nSPS) is 19.7. The van der Waals surface area contributed by atoms with Gasteiger partial charge >= 0.3 is 5.97 Å². The fraction of sp³-hybridized carbons (Fsp3) is 0.867. The summed E-state index contributed by atoms with van der Waals surface area (Å²) in [5, 5.41) is 8.78. The molecule has 1 aliphatic rings. The molecule has 0 spiro atoms. The molecule has 122 valence electrons. The first-order valence-electron chi connectivity index (χ1n) is 7.64. The van der Waals surface area contributed by atoms with Crippen molar-refractivity contribution in [2.45, 2.75) is 52.2 Å². The summed E-state index contributed by atoms with van der Waals surface area (Å²) < 4.78 is 11.1. The van der Waals surface area contributed by atoms with Gasteiger partial charge in [-0.15, -0.1) is 0 Å². The minimum Gasteiger partial charge on any atom is -0.481 e. The molecule has 1 N–H and O–H groups in total. The third-order valence-corrected chi connectivity index (χ3v) is 3.40. The van der Waals surface area contributed by atoms with Crippen molar-refractivity contribution in [3.63, 3.8) is 0 Å². The number of aliphatic carboxylic acids is 1. The summed E-state index contributed by atoms with van der Waals surface area (Å²) in [6.07, 6.45) is 1.47. The molecular weight excluding hydrogens is 274 g/mol. The van der Waals surface area contributed by atoms with Crippen molar-refractivity contribution in [3.8, 4) is 0 Å². The zero-order valence-corrected chi connectivity index (χ0v) is 13.2. The van der Waals surface area contributed by atoms with Crippen molar-refractivity contribution in [2.24, 2.45) is 5.92 Å². The van der Waals surface area contributed by atoms with Crippen LogP contribution in [0.15, 0.2) is 0 Å². The second-order valence-corrected chi connectivity index (χ2v) is 5.93. The number of hydrogen-bond acceptors (Lipinski definition) is 4. The van der Waals surface area contributed by atoms with Crippen LogP contribution in [-0.2, 0) is 19.1 Å². The van der Waals surface area contributed by atoms with E-state index in [1.54, 1.807) is 11.8 Å². The van der Waals surface area contributed by atoms with E-state index in [1.165, 1.54) is 0 Å². The molecule has 0 aromatic carbocycles. The highest BCUT2D eigenvalue weighted by Crippen LogP contribution is 2.13. The number of carbonyl (C=O) groups is 2. The van der Waals surface area contributed by atoms with E-state index in [4.69, 9.17) is 14.6 Å². The second-order valence-electron chi connectivity index (χ2n) is 5.93. The van der Waals surface area contributed by atoms with Crippen molar-refractivity contribution in [3.05, 3.63) is 0 Å². The fourth-order valence-corrected chi connectivity index (χ4v) is 2.32. The predicted octanol–water partition coefficient (Wildman–Crippen LogP) is 1.53. The molecule has 6 heteroatoms. The summed E-state index contributed by atoms with van der Waals surface area (Å²) in [5.74, 6) is -0.763. The molecule has 0 radical (unpaired) electrons. The van der Waals surface area contributed by atoms with Crippen LogP contribution in [0.25, 0.3) is 0 Å². The van der Waals surface area contributed by atoms with Gasteiger partial charge in [0.25, 0.3) is 5.91 Å². The largest absolute Gasteiger partial charge is 0.481 e. The van der Waals surface area contributed by atoms with Gasteiger partial charge in [-0.3, -0.25) is 9.59 Å². The third kappa shape index (κ3) is 6.91. The topological polar surface area (TPSA) is 76.1 Å². The molecule has 1 fully saturated rings. The van der Waals surface area contributed by atoms with Gasteiger partial charge in [0, 0.05) is 19.7 Å². The molecular formula is C15H27NO5. The first-order valence-corrected chi connectivity index (χ1v) is 7.64. The van der Waals surface area contributed by atoms with Crippen molar-refractivity contribution in [1.29, 1.82) is 0 Å². The first-order chi connectivity index (χ1) is 9.90. The van der Waals surface area contributed by atoms with Gasteiger partial charge in [0.2, 0.25) is 0 Å². The van der Waals surface area contributed by atoms with E-state index in [0.29, 0.717) is 13.2 Å². The van der Waals surface area contributed by atoms with Gasteiger partial charge in [-0.25, -0.2) is 0 Å². The maximum atomic E-state index is 12.4. The highest BCUT2D eigenvalue weighted by atomic mass is 16.5. The molecule has 21 heavy (non-hydrogen) atoms. The Morgan fingerprint density at radius 3 is 2.62 bits per heavy atom. The minimum absolute atomic E-state index is 0.0447. The Hall–Kier alpha value is -1.14. The molecule has 6 nitrogen and oxygen atoms in total. The van der Waals surface area contributed by atoms with E-state index in [2.05, 4.69) is 0 Å². The molecule has 0 aromatic rings. The van der Waals surface area contributed by atoms with Gasteiger partial charge in [0.15, 0.2) is 0 Å². The van der Waals surface area contributed by atoms with Crippen LogP contribution in [-0.4, -0.2) is 60.4 Å². The summed E-state index contributed by atoms with van der Waals surface area (Å²) in [5.41, 5.74) is 0. The molecule has 1 saturated heterocycles. The van der Waals surface area contributed by atoms with Gasteiger partial charge < -0.3 is 19.5 Å². The Kier molecular flexibility index (Phi) is 7.67. The molecule has 1 aliphatic heterocycles. The number of amides is 1. The fourth-order valence-electron chi connectivity index (χ4n) is 2.32. The SMILES string of the molecule is CC(C)CN(CCC(=O)O)C(=O)C(C)OCC1CCCO1. The average Bonchev–Trinajstić information content (AvgIpc) is 2.92. The number of ether oxygens (including phenoxy) is 2. The van der Waals surface area contributed by atoms with Crippen LogP contribution >= 0.6 is 0 Å². The molecule has 0 aliphatic carbocycles. The maximum Gasteiger partial charge on any atom is 0.305 e. The van der Waals surface area contributed by atoms with E-state index in [-0.39, 0.29) is 30.9 Å². The summed E-state index contributed by atoms with van der Waals surface area (Å²) in [6, 6.07) is 0. The van der Waals surface area contributed by atoms with Crippen LogP contribution in [0.3, 0.4) is 0 Å². The van der Waals surface area contributed by atoms with Gasteiger partial charge in [-0.2, -0.15) is 0 Å². The Morgan fingerprint density at radius 1 is 1.38 bits per heavy atom. The van der Waals surface area contributed by atoms with E-state index < -0.39 is 12.1 Å². The van der Waals surface area contributed by atoms with E-state index in [0.717, 1.165) is 19.4 Å². The lowest BCUT2D eigenvalue weighted by atomic mass is 10.2. The zero-order valence-electron chi connectivity index (χ0n) is 13.2. The maximum absolute atomic E-state index is 12.4. The molecule has 0 bridgehead atoms. The minimum atomic E-state index is -0.899. The van der Waals surface area contributed by atoms with E-state index in [9.17, 15) is 9.59 Å². The lowest BCUT2D eigenvalue weighted by Gasteiger charge is -2.27. The summed E-state index contributed by atoms with van der Waals surface area (Å²) in [4.78, 5) is 24.6. The Bertz CT molecular complexity index is 339. The second kappa shape index (κ2) is 9.00. The first kappa shape index (κ1) is 17.9. The van der Waals surface area contributed by atoms with Crippen LogP contribution in [0.1, 0.15) is 40.0 Å². The number of rotatable bonds is 9. The van der Waals surface area contributed by atoms with Gasteiger partial charge in [-0.05, 0) is 25.7 Å². The van der Waals surface area contributed by atoms with Gasteiger partial charge in [-0.1, -0.05) is 13.8 Å². The number of carboxylic acids is 1. The molecule has 2 unspecified atom stereocenters. The van der Waals surface area contributed by atoms with Crippen LogP contribution in [0.2, 0.25) is 0 Å². The standard InChI is InChI=1S/C15H27NO5/c1-11(2)9-16(7-6-14(17)18)15(19)12(3)21-10-13-5-4-8-20-13/h11-13H,4-10H2,1-3H3,(H,17,18). The summed E-state index contributed by atoms with van der Waals surface area (Å²) in [7, 11) is 0. The summed E-state index contributed by atoms with van der Waals surface area (Å²) in [6.45, 7) is 7.65. The molecule has 1 heterocycles. The van der Waals surface area contributed by atoms with Crippen molar-refractivity contribution >= 4 is 11.9 Å². The number of hydrogen-bond donors (Lipinski definition) is 1. The Labute approximate surface area is 126 Å². The molecule has 1 amide bonds. The van der Waals surface area contributed by atoms with Gasteiger partial charge in [0.1, 0.15) is 6.10 Å². The predicted molar refractivity (Wildman–Crippen MR) is 78.1 cm³/mol. The third-order valence-electron chi connectivity index (χ3n) is 3.40. The van der Waals surface area contributed by atoms with E-state index >= 15 is 0 Å². The van der Waals surface area contributed by atoms with E-state index in [1.807, 2.05) is 13.8 Å². The lowest BCUT2D eigenvalue weighted by molar-refractivity contribution is -0.146. The van der Waals surface area contributed by atoms with Crippen LogP contribution in [0.4, 0.5) is 0 Å².